The second kappa shape index (κ2) is 8.82. The first-order valence-corrected chi connectivity index (χ1v) is 10.3. The van der Waals surface area contributed by atoms with Crippen LogP contribution in [0, 0.1) is 19.7 Å². The van der Waals surface area contributed by atoms with Gasteiger partial charge in [0, 0.05) is 35.9 Å². The van der Waals surface area contributed by atoms with Crippen molar-refractivity contribution in [2.75, 3.05) is 6.61 Å². The van der Waals surface area contributed by atoms with E-state index in [2.05, 4.69) is 5.10 Å². The highest BCUT2D eigenvalue weighted by molar-refractivity contribution is 6.04. The van der Waals surface area contributed by atoms with Crippen LogP contribution in [-0.2, 0) is 18.3 Å². The van der Waals surface area contributed by atoms with Gasteiger partial charge < -0.3 is 9.30 Å². The molecular formula is C25H22FN3O4. The van der Waals surface area contributed by atoms with E-state index >= 15 is 0 Å². The van der Waals surface area contributed by atoms with Gasteiger partial charge in [0.1, 0.15) is 5.82 Å². The van der Waals surface area contributed by atoms with Crippen molar-refractivity contribution in [2.45, 2.75) is 20.4 Å². The molecule has 2 aromatic carbocycles. The number of halogens is 1. The van der Waals surface area contributed by atoms with Crippen LogP contribution >= 0.6 is 0 Å². The van der Waals surface area contributed by atoms with Gasteiger partial charge in [-0.25, -0.2) is 13.9 Å². The fraction of sp³-hybridized carbons (Fsp3) is 0.200. The van der Waals surface area contributed by atoms with Crippen LogP contribution in [-0.4, -0.2) is 32.7 Å². The molecule has 0 atom stereocenters. The number of aryl methyl sites for hydroxylation is 2. The number of carbonyl (C=O) groups excluding carboxylic acids is 2. The van der Waals surface area contributed by atoms with E-state index in [1.165, 1.54) is 19.2 Å². The van der Waals surface area contributed by atoms with Gasteiger partial charge in [-0.15, -0.1) is 0 Å². The Bertz CT molecular complexity index is 1430. The molecule has 2 heterocycles. The molecule has 8 heteroatoms. The number of nitrogens with zero attached hydrogens (tertiary/aromatic N) is 3. The summed E-state index contributed by atoms with van der Waals surface area (Å²) in [6.07, 6.45) is 0. The third kappa shape index (κ3) is 4.32. The van der Waals surface area contributed by atoms with Crippen molar-refractivity contribution in [1.82, 2.24) is 14.3 Å². The first-order chi connectivity index (χ1) is 15.8. The number of esters is 1. The zero-order chi connectivity index (χ0) is 23.7. The zero-order valence-electron chi connectivity index (χ0n) is 18.5. The highest BCUT2D eigenvalue weighted by Crippen LogP contribution is 2.19. The van der Waals surface area contributed by atoms with Crippen LogP contribution in [0.25, 0.3) is 10.8 Å². The second-order valence-corrected chi connectivity index (χ2v) is 7.82. The van der Waals surface area contributed by atoms with Gasteiger partial charge in [0.2, 0.25) is 5.78 Å². The monoisotopic (exact) mass is 447 g/mol. The van der Waals surface area contributed by atoms with Crippen LogP contribution in [0.4, 0.5) is 4.39 Å². The Morgan fingerprint density at radius 1 is 1.03 bits per heavy atom. The Kier molecular flexibility index (Phi) is 5.91. The minimum Gasteiger partial charge on any atom is -0.452 e. The number of ether oxygens (including phenoxy) is 1. The van der Waals surface area contributed by atoms with Crippen LogP contribution in [0.2, 0.25) is 0 Å². The fourth-order valence-electron chi connectivity index (χ4n) is 3.83. The number of ketones is 1. The second-order valence-electron chi connectivity index (χ2n) is 7.82. The van der Waals surface area contributed by atoms with Gasteiger partial charge in [-0.05, 0) is 43.7 Å². The SMILES string of the molecule is Cc1cc(C(=O)COC(=O)c2nn(C)c(=O)c3ccccc23)c(C)n1Cc1ccc(F)cc1. The summed E-state index contributed by atoms with van der Waals surface area (Å²) in [6, 6.07) is 14.5. The zero-order valence-corrected chi connectivity index (χ0v) is 18.5. The van der Waals surface area contributed by atoms with E-state index in [0.29, 0.717) is 22.9 Å². The van der Waals surface area contributed by atoms with Gasteiger partial charge in [0.05, 0.1) is 5.39 Å². The number of aromatic nitrogens is 3. The van der Waals surface area contributed by atoms with Crippen molar-refractivity contribution >= 4 is 22.5 Å². The van der Waals surface area contributed by atoms with Crippen molar-refractivity contribution in [3.05, 3.63) is 99.0 Å². The number of rotatable bonds is 6. The summed E-state index contributed by atoms with van der Waals surface area (Å²) in [5, 5.41) is 4.74. The third-order valence-electron chi connectivity index (χ3n) is 5.61. The van der Waals surface area contributed by atoms with Crippen molar-refractivity contribution in [2.24, 2.45) is 7.05 Å². The van der Waals surface area contributed by atoms with E-state index < -0.39 is 12.6 Å². The first-order valence-electron chi connectivity index (χ1n) is 10.3. The van der Waals surface area contributed by atoms with Gasteiger partial charge in [-0.1, -0.05) is 30.3 Å². The van der Waals surface area contributed by atoms with E-state index in [4.69, 9.17) is 4.74 Å². The Morgan fingerprint density at radius 3 is 2.39 bits per heavy atom. The molecule has 0 amide bonds. The molecule has 0 saturated carbocycles. The maximum absolute atomic E-state index is 13.2. The predicted molar refractivity (Wildman–Crippen MR) is 121 cm³/mol. The van der Waals surface area contributed by atoms with E-state index in [9.17, 15) is 18.8 Å². The average molecular weight is 447 g/mol. The number of carbonyl (C=O) groups is 2. The highest BCUT2D eigenvalue weighted by atomic mass is 19.1. The van der Waals surface area contributed by atoms with Gasteiger partial charge >= 0.3 is 5.97 Å². The minimum absolute atomic E-state index is 0.0257. The Labute approximate surface area is 189 Å². The highest BCUT2D eigenvalue weighted by Gasteiger charge is 2.21. The molecule has 4 aromatic rings. The van der Waals surface area contributed by atoms with Crippen LogP contribution in [0.1, 0.15) is 37.8 Å². The number of fused-ring (bicyclic) bond motifs is 1. The molecule has 2 aromatic heterocycles. The quantitative estimate of drug-likeness (QED) is 0.333. The summed E-state index contributed by atoms with van der Waals surface area (Å²) in [5.41, 5.74) is 2.58. The lowest BCUT2D eigenvalue weighted by molar-refractivity contribution is 0.0468. The van der Waals surface area contributed by atoms with E-state index in [-0.39, 0.29) is 22.9 Å². The van der Waals surface area contributed by atoms with Crippen molar-refractivity contribution < 1.29 is 18.7 Å². The van der Waals surface area contributed by atoms with E-state index in [1.807, 2.05) is 18.4 Å². The summed E-state index contributed by atoms with van der Waals surface area (Å²) in [4.78, 5) is 37.8. The molecule has 7 nitrogen and oxygen atoms in total. The molecule has 0 aliphatic carbocycles. The van der Waals surface area contributed by atoms with Gasteiger partial charge in [0.15, 0.2) is 12.3 Å². The summed E-state index contributed by atoms with van der Waals surface area (Å²) in [6.45, 7) is 3.71. The van der Waals surface area contributed by atoms with Crippen molar-refractivity contribution in [1.29, 1.82) is 0 Å². The maximum atomic E-state index is 13.2. The Balaban J connectivity index is 1.52. The molecule has 0 bridgehead atoms. The average Bonchev–Trinajstić information content (AvgIpc) is 3.09. The summed E-state index contributed by atoms with van der Waals surface area (Å²) < 4.78 is 21.5. The third-order valence-corrected chi connectivity index (χ3v) is 5.61. The molecule has 4 rings (SSSR count). The molecule has 0 fully saturated rings. The normalized spacial score (nSPS) is 11.0. The number of Topliss-reactive ketones (excluding diaryl/α,β-unsaturated/α-hetero) is 1. The van der Waals surface area contributed by atoms with E-state index in [0.717, 1.165) is 21.6 Å². The first kappa shape index (κ1) is 22.1. The summed E-state index contributed by atoms with van der Waals surface area (Å²) in [5.74, 6) is -1.44. The molecular weight excluding hydrogens is 425 g/mol. The topological polar surface area (TPSA) is 83.2 Å². The molecule has 0 N–H and O–H groups in total. The van der Waals surface area contributed by atoms with Crippen LogP contribution in [0.5, 0.6) is 0 Å². The van der Waals surface area contributed by atoms with Crippen LogP contribution in [0.15, 0.2) is 59.4 Å². The number of benzene rings is 2. The molecule has 33 heavy (non-hydrogen) atoms. The molecule has 168 valence electrons. The molecule has 0 aliphatic heterocycles. The van der Waals surface area contributed by atoms with Crippen molar-refractivity contribution in [3.63, 3.8) is 0 Å². The lowest BCUT2D eigenvalue weighted by Crippen LogP contribution is -2.24. The van der Waals surface area contributed by atoms with Crippen LogP contribution in [0.3, 0.4) is 0 Å². The molecule has 0 unspecified atom stereocenters. The predicted octanol–water partition coefficient (Wildman–Crippen LogP) is 3.58. The molecule has 0 aliphatic rings. The standard InChI is InChI=1S/C25H22FN3O4/c1-15-12-21(16(2)29(15)13-17-8-10-18(26)11-9-17)22(30)14-33-25(32)23-19-6-4-5-7-20(19)24(31)28(3)27-23/h4-12H,13-14H2,1-3H3. The molecule has 0 spiro atoms. The summed E-state index contributed by atoms with van der Waals surface area (Å²) in [7, 11) is 1.45. The molecule has 0 saturated heterocycles. The van der Waals surface area contributed by atoms with Crippen molar-refractivity contribution in [3.8, 4) is 0 Å². The largest absolute Gasteiger partial charge is 0.452 e. The fourth-order valence-corrected chi connectivity index (χ4v) is 3.83. The van der Waals surface area contributed by atoms with E-state index in [1.54, 1.807) is 42.5 Å². The minimum atomic E-state index is -0.782. The lowest BCUT2D eigenvalue weighted by Gasteiger charge is -2.10. The lowest BCUT2D eigenvalue weighted by atomic mass is 10.1. The smallest absolute Gasteiger partial charge is 0.359 e. The van der Waals surface area contributed by atoms with Gasteiger partial charge in [0.25, 0.3) is 5.56 Å². The maximum Gasteiger partial charge on any atom is 0.359 e. The van der Waals surface area contributed by atoms with Gasteiger partial charge in [-0.3, -0.25) is 9.59 Å². The molecule has 0 radical (unpaired) electrons. The Morgan fingerprint density at radius 2 is 1.70 bits per heavy atom. The van der Waals surface area contributed by atoms with Crippen LogP contribution < -0.4 is 5.56 Å². The van der Waals surface area contributed by atoms with Gasteiger partial charge in [-0.2, -0.15) is 5.10 Å². The summed E-state index contributed by atoms with van der Waals surface area (Å²) >= 11 is 0. The number of hydrogen-bond acceptors (Lipinski definition) is 5. The Hall–Kier alpha value is -4.07. The number of hydrogen-bond donors (Lipinski definition) is 0.